The summed E-state index contributed by atoms with van der Waals surface area (Å²) in [7, 11) is 0. The van der Waals surface area contributed by atoms with Crippen LogP contribution in [0.2, 0.25) is 0 Å². The number of benzene rings is 1. The van der Waals surface area contributed by atoms with E-state index < -0.39 is 34.8 Å². The van der Waals surface area contributed by atoms with Crippen molar-refractivity contribution >= 4 is 52.3 Å². The maximum Gasteiger partial charge on any atom is 1.00 e. The van der Waals surface area contributed by atoms with Crippen LogP contribution in [0.4, 0.5) is 14.9 Å². The Balaban J connectivity index is 0.00000323. The van der Waals surface area contributed by atoms with Gasteiger partial charge in [0.05, 0.1) is 39.4 Å². The second-order valence-corrected chi connectivity index (χ2v) is 11.0. The number of aromatic carboxylic acids is 1. The van der Waals surface area contributed by atoms with Gasteiger partial charge in [0.15, 0.2) is 5.43 Å². The third-order valence-electron chi connectivity index (χ3n) is 7.36. The van der Waals surface area contributed by atoms with Crippen LogP contribution in [-0.4, -0.2) is 81.6 Å². The summed E-state index contributed by atoms with van der Waals surface area (Å²) in [5, 5.41) is 20.6. The fraction of sp³-hybridized carbons (Fsp3) is 0.400. The maximum absolute atomic E-state index is 15.2. The largest absolute Gasteiger partial charge is 1.00 e. The number of aromatic nitrogens is 1. The van der Waals surface area contributed by atoms with Crippen molar-refractivity contribution in [1.29, 1.82) is 0 Å². The van der Waals surface area contributed by atoms with Crippen LogP contribution >= 0.6 is 11.8 Å². The Morgan fingerprint density at radius 1 is 1.12 bits per heavy atom. The van der Waals surface area contributed by atoms with Crippen LogP contribution < -0.4 is 45.0 Å². The SMILES string of the molecule is O=C(O)C1=C(COC(=O)N2CCN(c3cc4c(cc3F)c(=O)c(C(=O)[O-])cn4C3CC3)CC2)SC2CC(=O)N12.[Na+]. The quantitative estimate of drug-likeness (QED) is 0.292. The molecule has 1 aliphatic carbocycles. The Labute approximate surface area is 252 Å². The second-order valence-electron chi connectivity index (χ2n) is 9.76. The van der Waals surface area contributed by atoms with Crippen molar-refractivity contribution in [1.82, 2.24) is 14.4 Å². The van der Waals surface area contributed by atoms with E-state index in [9.17, 15) is 34.2 Å². The van der Waals surface area contributed by atoms with E-state index in [1.807, 2.05) is 0 Å². The Hall–Kier alpha value is -3.07. The third kappa shape index (κ3) is 4.86. The molecule has 2 aromatic rings. The Kier molecular flexibility index (Phi) is 7.63. The molecule has 1 atom stereocenters. The first-order valence-corrected chi connectivity index (χ1v) is 13.2. The molecule has 204 valence electrons. The Bertz CT molecular complexity index is 1550. The van der Waals surface area contributed by atoms with Crippen molar-refractivity contribution in [2.45, 2.75) is 30.7 Å². The number of rotatable bonds is 6. The summed E-state index contributed by atoms with van der Waals surface area (Å²) in [6.45, 7) is 0.688. The van der Waals surface area contributed by atoms with E-state index in [1.54, 1.807) is 15.5 Å². The standard InChI is InChI=1S/C25H23FN4O8S.Na/c26-15-7-13-16(29(12-1-2-12)10-14(22(13)32)23(33)34)8-17(15)27-3-5-28(6-4-27)25(37)38-11-18-21(24(35)36)30-19(31)9-20(30)39-18;/h7-8,10,12,20H,1-6,9,11H2,(H,33,34)(H,35,36);/q;+1/p-1. The number of hydrogen-bond donors (Lipinski definition) is 1. The molecule has 15 heteroatoms. The van der Waals surface area contributed by atoms with E-state index in [-0.39, 0.29) is 103 Å². The summed E-state index contributed by atoms with van der Waals surface area (Å²) in [4.78, 5) is 64.8. The number of piperazine rings is 1. The number of pyridine rings is 1. The van der Waals surface area contributed by atoms with Gasteiger partial charge >= 0.3 is 41.6 Å². The second kappa shape index (κ2) is 10.7. The zero-order valence-corrected chi connectivity index (χ0v) is 24.2. The van der Waals surface area contributed by atoms with Gasteiger partial charge in [0, 0.05) is 43.8 Å². The number of carbonyl (C=O) groups is 4. The van der Waals surface area contributed by atoms with Crippen LogP contribution in [-0.2, 0) is 14.3 Å². The van der Waals surface area contributed by atoms with Gasteiger partial charge in [-0.1, -0.05) is 11.8 Å². The van der Waals surface area contributed by atoms with Crippen molar-refractivity contribution in [2.24, 2.45) is 0 Å². The molecule has 0 bridgehead atoms. The van der Waals surface area contributed by atoms with E-state index >= 15 is 4.39 Å². The molecule has 4 heterocycles. The van der Waals surface area contributed by atoms with E-state index in [0.29, 0.717) is 10.4 Å². The monoisotopic (exact) mass is 580 g/mol. The fourth-order valence-corrected chi connectivity index (χ4v) is 6.49. The summed E-state index contributed by atoms with van der Waals surface area (Å²) in [5.74, 6) is -3.82. The molecule has 2 amide bonds. The molecule has 1 saturated carbocycles. The summed E-state index contributed by atoms with van der Waals surface area (Å²) < 4.78 is 22.2. The van der Waals surface area contributed by atoms with Crippen LogP contribution in [0.25, 0.3) is 10.9 Å². The first-order chi connectivity index (χ1) is 18.6. The number of halogens is 1. The van der Waals surface area contributed by atoms with Crippen molar-refractivity contribution in [2.75, 3.05) is 37.7 Å². The maximum atomic E-state index is 15.2. The molecular formula is C25H22FN4NaO8S. The number of β-lactam (4-membered cyclic amide) rings is 1. The fourth-order valence-electron chi connectivity index (χ4n) is 5.18. The molecule has 4 aliphatic rings. The summed E-state index contributed by atoms with van der Waals surface area (Å²) >= 11 is 1.20. The number of carboxylic acids is 2. The number of carbonyl (C=O) groups excluding carboxylic acids is 3. The molecule has 2 saturated heterocycles. The summed E-state index contributed by atoms with van der Waals surface area (Å²) in [5.41, 5.74) is -0.783. The average molecular weight is 581 g/mol. The van der Waals surface area contributed by atoms with Gasteiger partial charge in [-0.15, -0.1) is 0 Å². The van der Waals surface area contributed by atoms with Crippen LogP contribution in [0.15, 0.2) is 33.7 Å². The summed E-state index contributed by atoms with van der Waals surface area (Å²) in [6, 6.07) is 2.62. The van der Waals surface area contributed by atoms with E-state index in [4.69, 9.17) is 4.74 Å². The van der Waals surface area contributed by atoms with Crippen LogP contribution in [0.1, 0.15) is 35.7 Å². The number of fused-ring (bicyclic) bond motifs is 2. The molecule has 1 unspecified atom stereocenters. The van der Waals surface area contributed by atoms with Crippen molar-refractivity contribution in [3.8, 4) is 0 Å². The average Bonchev–Trinajstić information content (AvgIpc) is 3.69. The van der Waals surface area contributed by atoms with Crippen LogP contribution in [0.5, 0.6) is 0 Å². The first kappa shape index (κ1) is 28.5. The zero-order chi connectivity index (χ0) is 27.6. The smallest absolute Gasteiger partial charge is 0.545 e. The first-order valence-electron chi connectivity index (χ1n) is 12.4. The van der Waals surface area contributed by atoms with Gasteiger partial charge in [0.1, 0.15) is 18.1 Å². The number of amides is 2. The molecule has 40 heavy (non-hydrogen) atoms. The zero-order valence-electron chi connectivity index (χ0n) is 21.4. The minimum absolute atomic E-state index is 0. The molecule has 0 radical (unpaired) electrons. The Morgan fingerprint density at radius 3 is 2.42 bits per heavy atom. The minimum Gasteiger partial charge on any atom is -0.545 e. The van der Waals surface area contributed by atoms with Crippen LogP contribution in [0.3, 0.4) is 0 Å². The molecule has 6 rings (SSSR count). The van der Waals surface area contributed by atoms with Gasteiger partial charge in [0.25, 0.3) is 0 Å². The molecule has 3 fully saturated rings. The molecule has 0 spiro atoms. The predicted octanol–water partition coefficient (Wildman–Crippen LogP) is -2.30. The van der Waals surface area contributed by atoms with Gasteiger partial charge in [-0.05, 0) is 25.0 Å². The minimum atomic E-state index is -1.61. The third-order valence-corrected chi connectivity index (χ3v) is 8.60. The van der Waals surface area contributed by atoms with E-state index in [0.717, 1.165) is 18.9 Å². The van der Waals surface area contributed by atoms with Gasteiger partial charge < -0.3 is 34.1 Å². The summed E-state index contributed by atoms with van der Waals surface area (Å²) in [6.07, 6.45) is 2.48. The van der Waals surface area contributed by atoms with Gasteiger partial charge in [-0.25, -0.2) is 14.0 Å². The molecule has 3 aliphatic heterocycles. The van der Waals surface area contributed by atoms with Gasteiger partial charge in [0.2, 0.25) is 5.91 Å². The van der Waals surface area contributed by atoms with Gasteiger partial charge in [-0.2, -0.15) is 0 Å². The number of carboxylic acid groups (broad SMARTS) is 2. The molecule has 1 N–H and O–H groups in total. The van der Waals surface area contributed by atoms with Crippen molar-refractivity contribution in [3.63, 3.8) is 0 Å². The molecular weight excluding hydrogens is 558 g/mol. The number of anilines is 1. The molecule has 1 aromatic heterocycles. The number of aliphatic carboxylic acids is 1. The normalized spacial score (nSPS) is 20.3. The number of thioether (sulfide) groups is 1. The van der Waals surface area contributed by atoms with Gasteiger partial charge in [-0.3, -0.25) is 14.5 Å². The topological polar surface area (TPSA) is 153 Å². The predicted molar refractivity (Wildman–Crippen MR) is 133 cm³/mol. The van der Waals surface area contributed by atoms with Crippen LogP contribution in [0, 0.1) is 5.82 Å². The van der Waals surface area contributed by atoms with E-state index in [1.165, 1.54) is 27.8 Å². The molecule has 12 nitrogen and oxygen atoms in total. The van der Waals surface area contributed by atoms with E-state index in [2.05, 4.69) is 0 Å². The Morgan fingerprint density at radius 2 is 1.82 bits per heavy atom. The van der Waals surface area contributed by atoms with Crippen molar-refractivity contribution in [3.05, 3.63) is 50.5 Å². The number of ether oxygens (including phenoxy) is 1. The van der Waals surface area contributed by atoms with Crippen molar-refractivity contribution < 1.29 is 68.1 Å². The number of hydrogen-bond acceptors (Lipinski definition) is 9. The molecule has 1 aromatic carbocycles. The number of nitrogens with zero attached hydrogens (tertiary/aromatic N) is 4.